The highest BCUT2D eigenvalue weighted by atomic mass is 16.1. The van der Waals surface area contributed by atoms with Gasteiger partial charge in [0, 0.05) is 6.20 Å². The van der Waals surface area contributed by atoms with Gasteiger partial charge in [0.15, 0.2) is 5.78 Å². The Hall–Kier alpha value is -1.69. The van der Waals surface area contributed by atoms with Gasteiger partial charge in [0.25, 0.3) is 0 Å². The number of hydrogen-bond acceptors (Lipinski definition) is 3. The molecule has 0 spiro atoms. The lowest BCUT2D eigenvalue weighted by Crippen LogP contribution is -2.07. The molecule has 0 saturated carbocycles. The topological polar surface area (TPSA) is 53.8 Å². The van der Waals surface area contributed by atoms with Gasteiger partial charge in [0.2, 0.25) is 0 Å². The maximum absolute atomic E-state index is 10.9. The van der Waals surface area contributed by atoms with Gasteiger partial charge >= 0.3 is 0 Å². The number of nitriles is 1. The van der Waals surface area contributed by atoms with E-state index in [4.69, 9.17) is 5.26 Å². The summed E-state index contributed by atoms with van der Waals surface area (Å²) in [4.78, 5) is 14.8. The molecule has 0 bridgehead atoms. The van der Waals surface area contributed by atoms with Crippen molar-refractivity contribution in [2.75, 3.05) is 0 Å². The third kappa shape index (κ3) is 1.67. The molecule has 1 atom stereocenters. The normalized spacial score (nSPS) is 11.7. The lowest BCUT2D eigenvalue weighted by molar-refractivity contribution is -0.117. The Morgan fingerprint density at radius 1 is 1.67 bits per heavy atom. The van der Waals surface area contributed by atoms with Crippen LogP contribution < -0.4 is 0 Å². The third-order valence-corrected chi connectivity index (χ3v) is 1.52. The molecular formula is C9H8N2O. The minimum Gasteiger partial charge on any atom is -0.298 e. The van der Waals surface area contributed by atoms with Crippen molar-refractivity contribution in [1.82, 2.24) is 4.98 Å². The number of ketones is 1. The van der Waals surface area contributed by atoms with Crippen LogP contribution in [-0.4, -0.2) is 10.8 Å². The van der Waals surface area contributed by atoms with E-state index in [1.165, 1.54) is 6.92 Å². The Morgan fingerprint density at radius 3 is 2.83 bits per heavy atom. The highest BCUT2D eigenvalue weighted by Gasteiger charge is 2.15. The zero-order valence-corrected chi connectivity index (χ0v) is 6.69. The summed E-state index contributed by atoms with van der Waals surface area (Å²) in [6, 6.07) is 7.09. The van der Waals surface area contributed by atoms with Gasteiger partial charge in [-0.3, -0.25) is 9.78 Å². The number of pyridine rings is 1. The van der Waals surface area contributed by atoms with E-state index in [1.807, 2.05) is 6.07 Å². The van der Waals surface area contributed by atoms with Crippen molar-refractivity contribution in [2.45, 2.75) is 12.8 Å². The average molecular weight is 160 g/mol. The quantitative estimate of drug-likeness (QED) is 0.654. The van der Waals surface area contributed by atoms with Gasteiger partial charge in [0.05, 0.1) is 11.8 Å². The maximum atomic E-state index is 10.9. The van der Waals surface area contributed by atoms with E-state index in [9.17, 15) is 4.79 Å². The molecular weight excluding hydrogens is 152 g/mol. The van der Waals surface area contributed by atoms with Gasteiger partial charge in [-0.2, -0.15) is 5.26 Å². The van der Waals surface area contributed by atoms with Crippen molar-refractivity contribution < 1.29 is 4.79 Å². The minimum absolute atomic E-state index is 0.170. The first-order valence-corrected chi connectivity index (χ1v) is 3.56. The molecule has 12 heavy (non-hydrogen) atoms. The first-order valence-electron chi connectivity index (χ1n) is 3.56. The summed E-state index contributed by atoms with van der Waals surface area (Å²) in [5.74, 6) is -0.887. The second-order valence-electron chi connectivity index (χ2n) is 2.43. The molecule has 0 amide bonds. The lowest BCUT2D eigenvalue weighted by atomic mass is 10.0. The molecule has 1 aromatic heterocycles. The van der Waals surface area contributed by atoms with Crippen LogP contribution in [0.25, 0.3) is 0 Å². The molecule has 1 rings (SSSR count). The Labute approximate surface area is 70.7 Å². The second-order valence-corrected chi connectivity index (χ2v) is 2.43. The van der Waals surface area contributed by atoms with Crippen molar-refractivity contribution in [3.05, 3.63) is 30.1 Å². The van der Waals surface area contributed by atoms with E-state index in [2.05, 4.69) is 4.98 Å². The van der Waals surface area contributed by atoms with Gasteiger partial charge in [-0.1, -0.05) is 6.07 Å². The molecule has 0 aliphatic heterocycles. The summed E-state index contributed by atoms with van der Waals surface area (Å²) in [6.07, 6.45) is 1.57. The van der Waals surface area contributed by atoms with Crippen LogP contribution in [0.4, 0.5) is 0 Å². The molecule has 0 fully saturated rings. The van der Waals surface area contributed by atoms with E-state index in [1.54, 1.807) is 24.4 Å². The van der Waals surface area contributed by atoms with Gasteiger partial charge in [-0.25, -0.2) is 0 Å². The minimum atomic E-state index is -0.716. The largest absolute Gasteiger partial charge is 0.298 e. The van der Waals surface area contributed by atoms with E-state index >= 15 is 0 Å². The summed E-state index contributed by atoms with van der Waals surface area (Å²) < 4.78 is 0. The van der Waals surface area contributed by atoms with Crippen LogP contribution in [0, 0.1) is 11.3 Å². The van der Waals surface area contributed by atoms with Crippen LogP contribution in [0.5, 0.6) is 0 Å². The molecule has 60 valence electrons. The van der Waals surface area contributed by atoms with E-state index in [0.717, 1.165) is 0 Å². The highest BCUT2D eigenvalue weighted by molar-refractivity contribution is 5.85. The smallest absolute Gasteiger partial charge is 0.153 e. The number of carbonyl (C=O) groups is 1. The molecule has 0 aliphatic rings. The Morgan fingerprint density at radius 2 is 2.42 bits per heavy atom. The fraction of sp³-hybridized carbons (Fsp3) is 0.222. The fourth-order valence-corrected chi connectivity index (χ4v) is 0.912. The Bertz CT molecular complexity index is 313. The second kappa shape index (κ2) is 3.63. The van der Waals surface area contributed by atoms with Crippen LogP contribution in [0.1, 0.15) is 18.5 Å². The predicted molar refractivity (Wildman–Crippen MR) is 43.3 cm³/mol. The number of carbonyl (C=O) groups excluding carboxylic acids is 1. The molecule has 0 N–H and O–H groups in total. The van der Waals surface area contributed by atoms with E-state index in [-0.39, 0.29) is 5.78 Å². The summed E-state index contributed by atoms with van der Waals surface area (Å²) in [5.41, 5.74) is 0.521. The number of Topliss-reactive ketones (excluding diaryl/α,β-unsaturated/α-hetero) is 1. The molecule has 0 unspecified atom stereocenters. The van der Waals surface area contributed by atoms with Crippen LogP contribution in [0.15, 0.2) is 24.4 Å². The van der Waals surface area contributed by atoms with Gasteiger partial charge in [-0.15, -0.1) is 0 Å². The summed E-state index contributed by atoms with van der Waals surface area (Å²) >= 11 is 0. The molecule has 3 heteroatoms. The standard InChI is InChI=1S/C9H8N2O/c1-7(12)8(6-10)9-4-2-3-5-11-9/h2-5,8H,1H3/t8-/m0/s1. The molecule has 1 heterocycles. The van der Waals surface area contributed by atoms with Crippen LogP contribution in [0.3, 0.4) is 0 Å². The van der Waals surface area contributed by atoms with Crippen molar-refractivity contribution in [1.29, 1.82) is 5.26 Å². The number of aromatic nitrogens is 1. The molecule has 0 saturated heterocycles. The first-order chi connectivity index (χ1) is 5.75. The molecule has 0 radical (unpaired) electrons. The average Bonchev–Trinajstić information content (AvgIpc) is 2.07. The van der Waals surface area contributed by atoms with Crippen molar-refractivity contribution in [3.8, 4) is 6.07 Å². The van der Waals surface area contributed by atoms with Crippen LogP contribution in [0.2, 0.25) is 0 Å². The van der Waals surface area contributed by atoms with Crippen molar-refractivity contribution >= 4 is 5.78 Å². The zero-order valence-electron chi connectivity index (χ0n) is 6.69. The Kier molecular flexibility index (Phi) is 2.54. The fourth-order valence-electron chi connectivity index (χ4n) is 0.912. The van der Waals surface area contributed by atoms with Gasteiger partial charge < -0.3 is 0 Å². The SMILES string of the molecule is CC(=O)[C@H](C#N)c1ccccn1. The third-order valence-electron chi connectivity index (χ3n) is 1.52. The zero-order chi connectivity index (χ0) is 8.97. The van der Waals surface area contributed by atoms with Gasteiger partial charge in [0.1, 0.15) is 5.92 Å². The van der Waals surface area contributed by atoms with E-state index < -0.39 is 5.92 Å². The number of nitrogens with zero attached hydrogens (tertiary/aromatic N) is 2. The first kappa shape index (κ1) is 8.41. The Balaban J connectivity index is 2.98. The summed E-state index contributed by atoms with van der Waals surface area (Å²) in [7, 11) is 0. The maximum Gasteiger partial charge on any atom is 0.153 e. The highest BCUT2D eigenvalue weighted by Crippen LogP contribution is 2.11. The summed E-state index contributed by atoms with van der Waals surface area (Å²) in [5, 5.41) is 8.64. The van der Waals surface area contributed by atoms with Crippen LogP contribution in [-0.2, 0) is 4.79 Å². The van der Waals surface area contributed by atoms with Crippen molar-refractivity contribution in [3.63, 3.8) is 0 Å². The molecule has 0 aliphatic carbocycles. The predicted octanol–water partition coefficient (Wildman–Crippen LogP) is 1.28. The number of hydrogen-bond donors (Lipinski definition) is 0. The molecule has 0 aromatic carbocycles. The summed E-state index contributed by atoms with van der Waals surface area (Å²) in [6.45, 7) is 1.39. The van der Waals surface area contributed by atoms with E-state index in [0.29, 0.717) is 5.69 Å². The number of rotatable bonds is 2. The monoisotopic (exact) mass is 160 g/mol. The molecule has 3 nitrogen and oxygen atoms in total. The molecule has 1 aromatic rings. The van der Waals surface area contributed by atoms with Crippen LogP contribution >= 0.6 is 0 Å². The van der Waals surface area contributed by atoms with Crippen molar-refractivity contribution in [2.24, 2.45) is 0 Å². The lowest BCUT2D eigenvalue weighted by Gasteiger charge is -2.01. The van der Waals surface area contributed by atoms with Gasteiger partial charge in [-0.05, 0) is 19.1 Å².